The standard InChI is InChI=1S/C38H27N/c1-2-9-29(10-3-1)37-12-6-7-13-38(37)39-36-22-20-28(21-23-36)31-16-17-34-26-35(19-18-33(34)25-31)32-15-14-27-8-4-5-11-30(27)24-32/h1-26,39H. The second-order valence-electron chi connectivity index (χ2n) is 9.95. The predicted octanol–water partition coefficient (Wildman–Crippen LogP) is 10.7. The van der Waals surface area contributed by atoms with Crippen molar-refractivity contribution in [3.05, 3.63) is 158 Å². The first-order valence-electron chi connectivity index (χ1n) is 13.4. The van der Waals surface area contributed by atoms with Crippen molar-refractivity contribution in [2.45, 2.75) is 0 Å². The van der Waals surface area contributed by atoms with E-state index in [-0.39, 0.29) is 0 Å². The predicted molar refractivity (Wildman–Crippen MR) is 167 cm³/mol. The van der Waals surface area contributed by atoms with Crippen molar-refractivity contribution in [3.63, 3.8) is 0 Å². The molecule has 1 nitrogen and oxygen atoms in total. The number of anilines is 2. The number of nitrogens with one attached hydrogen (secondary N) is 1. The first-order chi connectivity index (χ1) is 19.3. The van der Waals surface area contributed by atoms with Crippen LogP contribution in [0.15, 0.2) is 158 Å². The van der Waals surface area contributed by atoms with Gasteiger partial charge in [0, 0.05) is 16.9 Å². The summed E-state index contributed by atoms with van der Waals surface area (Å²) in [4.78, 5) is 0. The zero-order valence-electron chi connectivity index (χ0n) is 21.5. The van der Waals surface area contributed by atoms with Gasteiger partial charge in [0.2, 0.25) is 0 Å². The lowest BCUT2D eigenvalue weighted by Gasteiger charge is -2.13. The molecule has 0 aliphatic heterocycles. The van der Waals surface area contributed by atoms with E-state index in [9.17, 15) is 0 Å². The third-order valence-corrected chi connectivity index (χ3v) is 7.43. The van der Waals surface area contributed by atoms with Crippen LogP contribution >= 0.6 is 0 Å². The van der Waals surface area contributed by atoms with Crippen molar-refractivity contribution in [1.29, 1.82) is 0 Å². The van der Waals surface area contributed by atoms with E-state index >= 15 is 0 Å². The van der Waals surface area contributed by atoms with Gasteiger partial charge in [0.15, 0.2) is 0 Å². The third-order valence-electron chi connectivity index (χ3n) is 7.43. The first-order valence-corrected chi connectivity index (χ1v) is 13.4. The summed E-state index contributed by atoms with van der Waals surface area (Å²) in [6.07, 6.45) is 0. The molecule has 0 spiro atoms. The molecule has 0 aliphatic rings. The molecule has 0 radical (unpaired) electrons. The quantitative estimate of drug-likeness (QED) is 0.249. The normalized spacial score (nSPS) is 11.1. The maximum Gasteiger partial charge on any atom is 0.0463 e. The molecule has 0 atom stereocenters. The van der Waals surface area contributed by atoms with Gasteiger partial charge in [0.25, 0.3) is 0 Å². The van der Waals surface area contributed by atoms with E-state index in [0.717, 1.165) is 11.4 Å². The van der Waals surface area contributed by atoms with Crippen LogP contribution in [0.1, 0.15) is 0 Å². The summed E-state index contributed by atoms with van der Waals surface area (Å²) < 4.78 is 0. The van der Waals surface area contributed by atoms with Gasteiger partial charge in [-0.15, -0.1) is 0 Å². The molecule has 1 heteroatoms. The Morgan fingerprint density at radius 1 is 0.308 bits per heavy atom. The molecule has 0 unspecified atom stereocenters. The topological polar surface area (TPSA) is 12.0 Å². The van der Waals surface area contributed by atoms with Crippen LogP contribution in [-0.4, -0.2) is 0 Å². The van der Waals surface area contributed by atoms with Gasteiger partial charge in [-0.3, -0.25) is 0 Å². The molecule has 1 N–H and O–H groups in total. The number of para-hydroxylation sites is 1. The molecule has 0 fully saturated rings. The van der Waals surface area contributed by atoms with Crippen molar-refractivity contribution in [3.8, 4) is 33.4 Å². The Morgan fingerprint density at radius 2 is 0.795 bits per heavy atom. The van der Waals surface area contributed by atoms with Crippen molar-refractivity contribution < 1.29 is 0 Å². The van der Waals surface area contributed by atoms with Crippen molar-refractivity contribution in [1.82, 2.24) is 0 Å². The second-order valence-corrected chi connectivity index (χ2v) is 9.95. The molecule has 0 aliphatic carbocycles. The number of benzene rings is 7. The second kappa shape index (κ2) is 9.96. The van der Waals surface area contributed by atoms with Gasteiger partial charge in [0.05, 0.1) is 0 Å². The number of fused-ring (bicyclic) bond motifs is 2. The van der Waals surface area contributed by atoms with Gasteiger partial charge in [-0.1, -0.05) is 121 Å². The summed E-state index contributed by atoms with van der Waals surface area (Å²) in [5.74, 6) is 0. The smallest absolute Gasteiger partial charge is 0.0463 e. The van der Waals surface area contributed by atoms with Crippen LogP contribution in [0.4, 0.5) is 11.4 Å². The molecule has 39 heavy (non-hydrogen) atoms. The maximum absolute atomic E-state index is 3.61. The summed E-state index contributed by atoms with van der Waals surface area (Å²) in [7, 11) is 0. The highest BCUT2D eigenvalue weighted by molar-refractivity contribution is 5.93. The lowest BCUT2D eigenvalue weighted by atomic mass is 9.96. The fraction of sp³-hybridized carbons (Fsp3) is 0. The lowest BCUT2D eigenvalue weighted by molar-refractivity contribution is 1.53. The summed E-state index contributed by atoms with van der Waals surface area (Å²) in [5.41, 5.74) is 9.49. The van der Waals surface area contributed by atoms with Crippen molar-refractivity contribution >= 4 is 32.9 Å². The highest BCUT2D eigenvalue weighted by Crippen LogP contribution is 2.33. The Hall–Kier alpha value is -5.14. The molecule has 0 aromatic heterocycles. The minimum atomic E-state index is 1.07. The molecule has 0 saturated heterocycles. The zero-order chi connectivity index (χ0) is 26.0. The Morgan fingerprint density at radius 3 is 1.49 bits per heavy atom. The van der Waals surface area contributed by atoms with Crippen LogP contribution in [0.5, 0.6) is 0 Å². The van der Waals surface area contributed by atoms with Crippen LogP contribution in [0.3, 0.4) is 0 Å². The molecule has 7 aromatic rings. The monoisotopic (exact) mass is 497 g/mol. The van der Waals surface area contributed by atoms with E-state index in [4.69, 9.17) is 0 Å². The Balaban J connectivity index is 1.14. The number of hydrogen-bond donors (Lipinski definition) is 1. The fourth-order valence-electron chi connectivity index (χ4n) is 5.34. The van der Waals surface area contributed by atoms with E-state index < -0.39 is 0 Å². The molecule has 184 valence electrons. The lowest BCUT2D eigenvalue weighted by Crippen LogP contribution is -1.93. The molecule has 0 bridgehead atoms. The van der Waals surface area contributed by atoms with Gasteiger partial charge in [-0.25, -0.2) is 0 Å². The molecule has 7 aromatic carbocycles. The molecule has 0 heterocycles. The Bertz CT molecular complexity index is 1920. The van der Waals surface area contributed by atoms with Crippen molar-refractivity contribution in [2.75, 3.05) is 5.32 Å². The average molecular weight is 498 g/mol. The van der Waals surface area contributed by atoms with Crippen LogP contribution in [0, 0.1) is 0 Å². The highest BCUT2D eigenvalue weighted by Gasteiger charge is 2.07. The van der Waals surface area contributed by atoms with Gasteiger partial charge >= 0.3 is 0 Å². The van der Waals surface area contributed by atoms with Crippen LogP contribution in [-0.2, 0) is 0 Å². The van der Waals surface area contributed by atoms with E-state index in [1.54, 1.807) is 0 Å². The zero-order valence-corrected chi connectivity index (χ0v) is 21.5. The van der Waals surface area contributed by atoms with Crippen LogP contribution < -0.4 is 5.32 Å². The molecule has 0 amide bonds. The molecular weight excluding hydrogens is 470 g/mol. The summed E-state index contributed by atoms with van der Waals surface area (Å²) in [6, 6.07) is 56.4. The molecular formula is C38H27N. The fourth-order valence-corrected chi connectivity index (χ4v) is 5.34. The van der Waals surface area contributed by atoms with Crippen LogP contribution in [0.25, 0.3) is 54.9 Å². The molecule has 0 saturated carbocycles. The number of rotatable bonds is 5. The summed E-state index contributed by atoms with van der Waals surface area (Å²) in [6.45, 7) is 0. The van der Waals surface area contributed by atoms with Gasteiger partial charge in [0.1, 0.15) is 0 Å². The van der Waals surface area contributed by atoms with Crippen molar-refractivity contribution in [2.24, 2.45) is 0 Å². The van der Waals surface area contributed by atoms with Gasteiger partial charge in [-0.2, -0.15) is 0 Å². The number of hydrogen-bond acceptors (Lipinski definition) is 1. The summed E-state index contributed by atoms with van der Waals surface area (Å²) in [5, 5.41) is 8.65. The Kier molecular flexibility index (Phi) is 5.88. The van der Waals surface area contributed by atoms with Gasteiger partial charge in [-0.05, 0) is 85.8 Å². The third kappa shape index (κ3) is 4.67. The Labute approximate surface area is 229 Å². The van der Waals surface area contributed by atoms with E-state index in [1.165, 1.54) is 54.9 Å². The van der Waals surface area contributed by atoms with Crippen LogP contribution in [0.2, 0.25) is 0 Å². The minimum absolute atomic E-state index is 1.07. The largest absolute Gasteiger partial charge is 0.355 e. The highest BCUT2D eigenvalue weighted by atomic mass is 14.9. The van der Waals surface area contributed by atoms with Gasteiger partial charge < -0.3 is 5.32 Å². The maximum atomic E-state index is 3.61. The molecule has 7 rings (SSSR count). The van der Waals surface area contributed by atoms with E-state index in [2.05, 4.69) is 163 Å². The van der Waals surface area contributed by atoms with E-state index in [0.29, 0.717) is 0 Å². The SMILES string of the molecule is c1ccc(-c2ccccc2Nc2ccc(-c3ccc4cc(-c5ccc6ccccc6c5)ccc4c3)cc2)cc1. The first kappa shape index (κ1) is 23.0. The minimum Gasteiger partial charge on any atom is -0.355 e. The van der Waals surface area contributed by atoms with E-state index in [1.807, 2.05) is 0 Å². The summed E-state index contributed by atoms with van der Waals surface area (Å²) >= 11 is 0. The average Bonchev–Trinajstić information content (AvgIpc) is 3.01.